The summed E-state index contributed by atoms with van der Waals surface area (Å²) >= 11 is 0. The molecule has 2 unspecified atom stereocenters. The molecular formula is C32H38N2O6. The fraction of sp³-hybridized carbons (Fsp3) is 0.469. The Bertz CT molecular complexity index is 1330. The smallest absolute Gasteiger partial charge is 0.312 e. The first-order valence-electron chi connectivity index (χ1n) is 14.1. The molecule has 2 bridgehead atoms. The van der Waals surface area contributed by atoms with Crippen LogP contribution in [0.3, 0.4) is 0 Å². The lowest BCUT2D eigenvalue weighted by molar-refractivity contribution is -0.159. The number of esters is 1. The van der Waals surface area contributed by atoms with E-state index in [9.17, 15) is 19.5 Å². The highest BCUT2D eigenvalue weighted by Gasteiger charge is 2.78. The van der Waals surface area contributed by atoms with Crippen molar-refractivity contribution in [3.63, 3.8) is 0 Å². The Labute approximate surface area is 235 Å². The number of carbonyl (C=O) groups is 3. The van der Waals surface area contributed by atoms with Gasteiger partial charge in [-0.2, -0.15) is 0 Å². The molecule has 0 aliphatic carbocycles. The quantitative estimate of drug-likeness (QED) is 0.246. The van der Waals surface area contributed by atoms with Gasteiger partial charge >= 0.3 is 5.97 Å². The monoisotopic (exact) mass is 546 g/mol. The molecule has 0 radical (unpaired) electrons. The van der Waals surface area contributed by atoms with Gasteiger partial charge in [0.25, 0.3) is 5.91 Å². The van der Waals surface area contributed by atoms with Crippen molar-refractivity contribution in [2.24, 2.45) is 11.8 Å². The Morgan fingerprint density at radius 1 is 1.15 bits per heavy atom. The van der Waals surface area contributed by atoms with Crippen molar-refractivity contribution in [3.05, 3.63) is 67.8 Å². The minimum absolute atomic E-state index is 0.0122. The molecule has 8 nitrogen and oxygen atoms in total. The van der Waals surface area contributed by atoms with E-state index in [1.54, 1.807) is 22.0 Å². The maximum Gasteiger partial charge on any atom is 0.312 e. The number of unbranched alkanes of at least 4 members (excludes halogenated alkanes) is 1. The number of aliphatic hydroxyl groups is 1. The zero-order valence-electron chi connectivity index (χ0n) is 23.1. The first kappa shape index (κ1) is 28.1. The Balaban J connectivity index is 1.55. The van der Waals surface area contributed by atoms with Crippen LogP contribution in [0.2, 0.25) is 0 Å². The molecule has 3 aliphatic rings. The van der Waals surface area contributed by atoms with Crippen LogP contribution >= 0.6 is 0 Å². The van der Waals surface area contributed by atoms with Gasteiger partial charge in [-0.25, -0.2) is 0 Å². The van der Waals surface area contributed by atoms with Crippen molar-refractivity contribution in [2.75, 3.05) is 31.2 Å². The van der Waals surface area contributed by atoms with Crippen LogP contribution in [0.25, 0.3) is 10.8 Å². The highest BCUT2D eigenvalue weighted by molar-refractivity contribution is 6.05. The number of carbonyl (C=O) groups excluding carboxylic acids is 3. The van der Waals surface area contributed by atoms with E-state index in [2.05, 4.69) is 13.2 Å². The minimum atomic E-state index is -1.14. The van der Waals surface area contributed by atoms with Crippen LogP contribution in [0.15, 0.2) is 67.8 Å². The van der Waals surface area contributed by atoms with E-state index in [4.69, 9.17) is 9.47 Å². The van der Waals surface area contributed by atoms with E-state index in [1.807, 2.05) is 49.4 Å². The van der Waals surface area contributed by atoms with Gasteiger partial charge in [-0.1, -0.05) is 42.5 Å². The van der Waals surface area contributed by atoms with E-state index in [0.29, 0.717) is 37.8 Å². The predicted octanol–water partition coefficient (Wildman–Crippen LogP) is 4.02. The summed E-state index contributed by atoms with van der Waals surface area (Å²) in [5, 5.41) is 11.5. The molecule has 40 heavy (non-hydrogen) atoms. The third kappa shape index (κ3) is 4.53. The second-order valence-corrected chi connectivity index (χ2v) is 11.2. The van der Waals surface area contributed by atoms with Crippen LogP contribution < -0.4 is 4.90 Å². The van der Waals surface area contributed by atoms with Gasteiger partial charge in [0.2, 0.25) is 5.91 Å². The Hall–Kier alpha value is -3.49. The van der Waals surface area contributed by atoms with Crippen LogP contribution in [0.4, 0.5) is 5.69 Å². The van der Waals surface area contributed by atoms with Gasteiger partial charge < -0.3 is 24.4 Å². The number of likely N-dealkylation sites (tertiary alicyclic amines) is 1. The number of hydrogen-bond donors (Lipinski definition) is 1. The van der Waals surface area contributed by atoms with Crippen molar-refractivity contribution < 1.29 is 29.0 Å². The molecule has 2 aromatic carbocycles. The summed E-state index contributed by atoms with van der Waals surface area (Å²) in [5.74, 6) is -2.61. The summed E-state index contributed by atoms with van der Waals surface area (Å²) in [7, 11) is 0. The van der Waals surface area contributed by atoms with Crippen molar-refractivity contribution >= 4 is 34.2 Å². The summed E-state index contributed by atoms with van der Waals surface area (Å²) in [5.41, 5.74) is -1.33. The fourth-order valence-electron chi connectivity index (χ4n) is 6.97. The number of hydrogen-bond acceptors (Lipinski definition) is 6. The summed E-state index contributed by atoms with van der Waals surface area (Å²) in [4.78, 5) is 45.4. The molecule has 3 aliphatic heterocycles. The Kier molecular flexibility index (Phi) is 7.84. The number of rotatable bonds is 12. The summed E-state index contributed by atoms with van der Waals surface area (Å²) in [6.07, 6.45) is 5.91. The van der Waals surface area contributed by atoms with Gasteiger partial charge in [0, 0.05) is 25.4 Å². The number of amides is 2. The molecule has 1 N–H and O–H groups in total. The lowest BCUT2D eigenvalue weighted by Gasteiger charge is -2.37. The van der Waals surface area contributed by atoms with E-state index in [0.717, 1.165) is 10.8 Å². The van der Waals surface area contributed by atoms with Gasteiger partial charge in [-0.05, 0) is 61.9 Å². The first-order chi connectivity index (χ1) is 19.3. The average molecular weight is 547 g/mol. The highest BCUT2D eigenvalue weighted by atomic mass is 16.6. The van der Waals surface area contributed by atoms with E-state index in [-0.39, 0.29) is 38.1 Å². The van der Waals surface area contributed by atoms with Crippen LogP contribution in [0.1, 0.15) is 39.0 Å². The van der Waals surface area contributed by atoms with Gasteiger partial charge in [0.1, 0.15) is 17.6 Å². The molecule has 1 spiro atoms. The SMILES string of the molecule is C=CCCOC(=O)[C@@H]1[C@H]2C(=O)N(CCCCO)C(C(=O)N(CC=C)c3ccc4ccccc4c3)C23CC[C@@]1(C)O3. The van der Waals surface area contributed by atoms with Gasteiger partial charge in [0.15, 0.2) is 0 Å². The Morgan fingerprint density at radius 2 is 1.93 bits per heavy atom. The number of ether oxygens (including phenoxy) is 2. The van der Waals surface area contributed by atoms with Crippen LogP contribution in [0.5, 0.6) is 0 Å². The summed E-state index contributed by atoms with van der Waals surface area (Å²) in [6.45, 7) is 10.1. The second-order valence-electron chi connectivity index (χ2n) is 11.2. The predicted molar refractivity (Wildman–Crippen MR) is 153 cm³/mol. The van der Waals surface area contributed by atoms with E-state index >= 15 is 0 Å². The molecule has 2 aromatic rings. The van der Waals surface area contributed by atoms with Crippen molar-refractivity contribution in [2.45, 2.75) is 56.3 Å². The maximum atomic E-state index is 14.6. The van der Waals surface area contributed by atoms with E-state index in [1.165, 1.54) is 0 Å². The zero-order chi connectivity index (χ0) is 28.5. The average Bonchev–Trinajstić information content (AvgIpc) is 3.52. The molecule has 3 fully saturated rings. The van der Waals surface area contributed by atoms with Gasteiger partial charge in [-0.3, -0.25) is 14.4 Å². The summed E-state index contributed by atoms with van der Waals surface area (Å²) in [6, 6.07) is 12.9. The molecule has 0 saturated carbocycles. The third-order valence-electron chi connectivity index (χ3n) is 8.76. The molecule has 5 atom stereocenters. The van der Waals surface area contributed by atoms with Crippen molar-refractivity contribution in [3.8, 4) is 0 Å². The van der Waals surface area contributed by atoms with Crippen LogP contribution in [-0.2, 0) is 23.9 Å². The standard InChI is InChI=1S/C32H38N2O6/c1-4-6-20-39-30(38)26-25-28(36)34(18-9-10-19-35)27(32(25)16-15-31(26,3)40-32)29(37)33(17-5-2)24-14-13-22-11-7-8-12-23(22)21-24/h4-5,7-8,11-14,21,25-27,35H,1-2,6,9-10,15-20H2,3H3/t25-,26-,27?,31+,32?/m0/s1. The maximum absolute atomic E-state index is 14.6. The second kappa shape index (κ2) is 11.2. The largest absolute Gasteiger partial charge is 0.465 e. The van der Waals surface area contributed by atoms with Crippen molar-refractivity contribution in [1.29, 1.82) is 0 Å². The molecule has 3 heterocycles. The molecule has 2 amide bonds. The van der Waals surface area contributed by atoms with Crippen LogP contribution in [0, 0.1) is 11.8 Å². The first-order valence-corrected chi connectivity index (χ1v) is 14.1. The molecular weight excluding hydrogens is 508 g/mol. The summed E-state index contributed by atoms with van der Waals surface area (Å²) < 4.78 is 12.2. The topological polar surface area (TPSA) is 96.4 Å². The number of fused-ring (bicyclic) bond motifs is 2. The molecule has 3 saturated heterocycles. The lowest BCUT2D eigenvalue weighted by atomic mass is 9.66. The normalized spacial score (nSPS) is 28.5. The van der Waals surface area contributed by atoms with Crippen molar-refractivity contribution in [1.82, 2.24) is 4.90 Å². The van der Waals surface area contributed by atoms with E-state index < -0.39 is 35.0 Å². The van der Waals surface area contributed by atoms with Crippen LogP contribution in [-0.4, -0.2) is 71.3 Å². The number of aliphatic hydroxyl groups excluding tert-OH is 1. The molecule has 212 valence electrons. The number of nitrogens with zero attached hydrogens (tertiary/aromatic N) is 2. The third-order valence-corrected chi connectivity index (χ3v) is 8.76. The molecule has 5 rings (SSSR count). The lowest BCUT2D eigenvalue weighted by Crippen LogP contribution is -2.56. The highest BCUT2D eigenvalue weighted by Crippen LogP contribution is 2.63. The number of benzene rings is 2. The minimum Gasteiger partial charge on any atom is -0.465 e. The van der Waals surface area contributed by atoms with Gasteiger partial charge in [0.05, 0.1) is 18.1 Å². The molecule has 0 aromatic heterocycles. The molecule has 8 heteroatoms. The number of anilines is 1. The zero-order valence-corrected chi connectivity index (χ0v) is 23.1. The van der Waals surface area contributed by atoms with Gasteiger partial charge in [-0.15, -0.1) is 13.2 Å². The fourth-order valence-corrected chi connectivity index (χ4v) is 6.97. The Morgan fingerprint density at radius 3 is 2.65 bits per heavy atom.